The van der Waals surface area contributed by atoms with Crippen molar-refractivity contribution in [1.29, 1.82) is 0 Å². The SMILES string of the molecule is CC(N)Cc1cc(F)ccc1OCc1ccc(Cl)c(F)c1. The van der Waals surface area contributed by atoms with Gasteiger partial charge in [-0.25, -0.2) is 8.78 Å². The van der Waals surface area contributed by atoms with Crippen LogP contribution in [-0.2, 0) is 13.0 Å². The van der Waals surface area contributed by atoms with Crippen LogP contribution in [-0.4, -0.2) is 6.04 Å². The summed E-state index contributed by atoms with van der Waals surface area (Å²) in [6.45, 7) is 2.01. The summed E-state index contributed by atoms with van der Waals surface area (Å²) in [4.78, 5) is 0. The molecule has 21 heavy (non-hydrogen) atoms. The zero-order valence-corrected chi connectivity index (χ0v) is 12.3. The van der Waals surface area contributed by atoms with Crippen LogP contribution < -0.4 is 10.5 Å². The van der Waals surface area contributed by atoms with E-state index in [1.807, 2.05) is 6.92 Å². The molecule has 0 fully saturated rings. The van der Waals surface area contributed by atoms with Gasteiger partial charge in [0.25, 0.3) is 0 Å². The van der Waals surface area contributed by atoms with Crippen molar-refractivity contribution in [3.8, 4) is 5.75 Å². The zero-order valence-electron chi connectivity index (χ0n) is 11.6. The highest BCUT2D eigenvalue weighted by molar-refractivity contribution is 6.30. The molecule has 0 heterocycles. The molecule has 0 bridgehead atoms. The van der Waals surface area contributed by atoms with Gasteiger partial charge < -0.3 is 10.5 Å². The summed E-state index contributed by atoms with van der Waals surface area (Å²) in [6, 6.07) is 8.64. The first-order chi connectivity index (χ1) is 9.95. The van der Waals surface area contributed by atoms with E-state index in [4.69, 9.17) is 22.1 Å². The molecular weight excluding hydrogens is 296 g/mol. The van der Waals surface area contributed by atoms with Gasteiger partial charge in [0.15, 0.2) is 0 Å². The fourth-order valence-electron chi connectivity index (χ4n) is 1.99. The van der Waals surface area contributed by atoms with Gasteiger partial charge >= 0.3 is 0 Å². The molecule has 112 valence electrons. The summed E-state index contributed by atoms with van der Waals surface area (Å²) in [5.41, 5.74) is 7.09. The molecule has 0 aliphatic rings. The lowest BCUT2D eigenvalue weighted by atomic mass is 10.1. The van der Waals surface area contributed by atoms with Crippen LogP contribution in [0.4, 0.5) is 8.78 Å². The van der Waals surface area contributed by atoms with Gasteiger partial charge in [-0.15, -0.1) is 0 Å². The molecule has 0 aliphatic carbocycles. The van der Waals surface area contributed by atoms with Gasteiger partial charge in [-0.05, 0) is 54.8 Å². The second kappa shape index (κ2) is 6.87. The monoisotopic (exact) mass is 311 g/mol. The average molecular weight is 312 g/mol. The summed E-state index contributed by atoms with van der Waals surface area (Å²) < 4.78 is 32.3. The Labute approximate surface area is 127 Å². The number of halogens is 3. The summed E-state index contributed by atoms with van der Waals surface area (Å²) in [5, 5.41) is 0.0678. The van der Waals surface area contributed by atoms with Gasteiger partial charge in [0.1, 0.15) is 24.0 Å². The maximum absolute atomic E-state index is 13.4. The van der Waals surface area contributed by atoms with E-state index < -0.39 is 5.82 Å². The smallest absolute Gasteiger partial charge is 0.142 e. The Bertz CT molecular complexity index is 632. The second-order valence-electron chi connectivity index (χ2n) is 4.97. The Balaban J connectivity index is 2.13. The first-order valence-electron chi connectivity index (χ1n) is 6.56. The molecule has 2 aromatic rings. The molecule has 5 heteroatoms. The minimum absolute atomic E-state index is 0.0678. The quantitative estimate of drug-likeness (QED) is 0.902. The van der Waals surface area contributed by atoms with E-state index >= 15 is 0 Å². The minimum atomic E-state index is -0.493. The van der Waals surface area contributed by atoms with E-state index in [1.54, 1.807) is 12.1 Å². The maximum Gasteiger partial charge on any atom is 0.142 e. The van der Waals surface area contributed by atoms with Gasteiger partial charge in [0.2, 0.25) is 0 Å². The zero-order chi connectivity index (χ0) is 15.4. The highest BCUT2D eigenvalue weighted by Gasteiger charge is 2.09. The molecule has 1 unspecified atom stereocenters. The standard InChI is InChI=1S/C16H16ClF2NO/c1-10(20)6-12-8-13(18)3-5-16(12)21-9-11-2-4-14(17)15(19)7-11/h2-5,7-8,10H,6,9,20H2,1H3. The third-order valence-electron chi connectivity index (χ3n) is 2.94. The normalized spacial score (nSPS) is 12.2. The second-order valence-corrected chi connectivity index (χ2v) is 5.38. The first-order valence-corrected chi connectivity index (χ1v) is 6.94. The Hall–Kier alpha value is -1.65. The molecule has 0 amide bonds. The fourth-order valence-corrected chi connectivity index (χ4v) is 2.10. The molecule has 1 atom stereocenters. The van der Waals surface area contributed by atoms with Crippen molar-refractivity contribution >= 4 is 11.6 Å². The van der Waals surface area contributed by atoms with Crippen LogP contribution in [0.1, 0.15) is 18.1 Å². The van der Waals surface area contributed by atoms with Crippen molar-refractivity contribution < 1.29 is 13.5 Å². The van der Waals surface area contributed by atoms with Crippen LogP contribution in [0.5, 0.6) is 5.75 Å². The van der Waals surface area contributed by atoms with Crippen molar-refractivity contribution in [1.82, 2.24) is 0 Å². The van der Waals surface area contributed by atoms with Gasteiger partial charge in [-0.3, -0.25) is 0 Å². The van der Waals surface area contributed by atoms with Crippen LogP contribution in [0.25, 0.3) is 0 Å². The first kappa shape index (κ1) is 15.7. The molecule has 0 aromatic heterocycles. The lowest BCUT2D eigenvalue weighted by Gasteiger charge is -2.13. The average Bonchev–Trinajstić information content (AvgIpc) is 2.41. The molecule has 2 N–H and O–H groups in total. The molecular formula is C16H16ClF2NO. The molecule has 2 rings (SSSR count). The highest BCUT2D eigenvalue weighted by atomic mass is 35.5. The summed E-state index contributed by atoms with van der Waals surface area (Å²) in [7, 11) is 0. The van der Waals surface area contributed by atoms with Crippen molar-refractivity contribution in [2.75, 3.05) is 0 Å². The lowest BCUT2D eigenvalue weighted by Crippen LogP contribution is -2.18. The lowest BCUT2D eigenvalue weighted by molar-refractivity contribution is 0.301. The predicted molar refractivity (Wildman–Crippen MR) is 79.5 cm³/mol. The Morgan fingerprint density at radius 3 is 2.62 bits per heavy atom. The number of ether oxygens (including phenoxy) is 1. The van der Waals surface area contributed by atoms with Crippen LogP contribution >= 0.6 is 11.6 Å². The number of rotatable bonds is 5. The van der Waals surface area contributed by atoms with Crippen molar-refractivity contribution in [3.05, 3.63) is 64.2 Å². The Kier molecular flexibility index (Phi) is 5.15. The van der Waals surface area contributed by atoms with Crippen molar-refractivity contribution in [3.63, 3.8) is 0 Å². The fraction of sp³-hybridized carbons (Fsp3) is 0.250. The molecule has 2 nitrogen and oxygen atoms in total. The largest absolute Gasteiger partial charge is 0.489 e. The highest BCUT2D eigenvalue weighted by Crippen LogP contribution is 2.23. The molecule has 0 radical (unpaired) electrons. The summed E-state index contributed by atoms with van der Waals surface area (Å²) >= 11 is 5.63. The Morgan fingerprint density at radius 1 is 1.19 bits per heavy atom. The van der Waals surface area contributed by atoms with Crippen molar-refractivity contribution in [2.45, 2.75) is 26.0 Å². The molecule has 0 saturated heterocycles. The van der Waals surface area contributed by atoms with Crippen LogP contribution in [0.15, 0.2) is 36.4 Å². The number of nitrogens with two attached hydrogens (primary N) is 1. The summed E-state index contributed by atoms with van der Waals surface area (Å²) in [6.07, 6.45) is 0.502. The molecule has 2 aromatic carbocycles. The van der Waals surface area contributed by atoms with E-state index in [-0.39, 0.29) is 23.5 Å². The maximum atomic E-state index is 13.4. The van der Waals surface area contributed by atoms with Crippen LogP contribution in [0.2, 0.25) is 5.02 Å². The number of benzene rings is 2. The third kappa shape index (κ3) is 4.41. The number of hydrogen-bond donors (Lipinski definition) is 1. The van der Waals surface area contributed by atoms with Crippen LogP contribution in [0, 0.1) is 11.6 Å². The van der Waals surface area contributed by atoms with Crippen molar-refractivity contribution in [2.24, 2.45) is 5.73 Å². The van der Waals surface area contributed by atoms with Gasteiger partial charge in [-0.2, -0.15) is 0 Å². The minimum Gasteiger partial charge on any atom is -0.489 e. The van der Waals surface area contributed by atoms with Gasteiger partial charge in [0.05, 0.1) is 5.02 Å². The van der Waals surface area contributed by atoms with E-state index in [9.17, 15) is 8.78 Å². The van der Waals surface area contributed by atoms with E-state index in [0.29, 0.717) is 23.3 Å². The van der Waals surface area contributed by atoms with E-state index in [2.05, 4.69) is 0 Å². The topological polar surface area (TPSA) is 35.2 Å². The Morgan fingerprint density at radius 2 is 1.95 bits per heavy atom. The van der Waals surface area contributed by atoms with E-state index in [1.165, 1.54) is 24.3 Å². The molecule has 0 saturated carbocycles. The number of hydrogen-bond acceptors (Lipinski definition) is 2. The van der Waals surface area contributed by atoms with Gasteiger partial charge in [-0.1, -0.05) is 17.7 Å². The third-order valence-corrected chi connectivity index (χ3v) is 3.25. The van der Waals surface area contributed by atoms with E-state index in [0.717, 1.165) is 0 Å². The molecule has 0 spiro atoms. The predicted octanol–water partition coefficient (Wildman–Crippen LogP) is 4.09. The molecule has 0 aliphatic heterocycles. The van der Waals surface area contributed by atoms with Crippen LogP contribution in [0.3, 0.4) is 0 Å². The van der Waals surface area contributed by atoms with Gasteiger partial charge in [0, 0.05) is 6.04 Å². The summed E-state index contributed by atoms with van der Waals surface area (Å²) in [5.74, 6) is -0.285.